The van der Waals surface area contributed by atoms with Crippen molar-refractivity contribution in [2.45, 2.75) is 5.75 Å². The molecule has 0 unspecified atom stereocenters. The van der Waals surface area contributed by atoms with Gasteiger partial charge in [-0.2, -0.15) is 0 Å². The second kappa shape index (κ2) is 5.49. The Morgan fingerprint density at radius 1 is 1.64 bits per heavy atom. The van der Waals surface area contributed by atoms with Crippen molar-refractivity contribution in [2.24, 2.45) is 0 Å². The predicted octanol–water partition coefficient (Wildman–Crippen LogP) is 1.07. The number of esters is 1. The molecule has 0 saturated heterocycles. The first kappa shape index (κ1) is 10.8. The number of nitrogens with two attached hydrogens (primary N) is 1. The van der Waals surface area contributed by atoms with Crippen molar-refractivity contribution in [1.29, 1.82) is 0 Å². The Balaban J connectivity index is 2.35. The summed E-state index contributed by atoms with van der Waals surface area (Å²) in [6, 6.07) is 5.45. The molecule has 1 aromatic rings. The zero-order valence-electron chi connectivity index (χ0n) is 7.90. The predicted molar refractivity (Wildman–Crippen MR) is 56.8 cm³/mol. The Morgan fingerprint density at radius 3 is 3.07 bits per heavy atom. The lowest BCUT2D eigenvalue weighted by Gasteiger charge is -2.00. The van der Waals surface area contributed by atoms with E-state index in [-0.39, 0.29) is 5.97 Å². The number of thioether (sulfide) groups is 1. The summed E-state index contributed by atoms with van der Waals surface area (Å²) in [5, 5.41) is 0. The summed E-state index contributed by atoms with van der Waals surface area (Å²) < 4.78 is 4.51. The van der Waals surface area contributed by atoms with Gasteiger partial charge >= 0.3 is 5.97 Å². The Morgan fingerprint density at radius 2 is 2.43 bits per heavy atom. The summed E-state index contributed by atoms with van der Waals surface area (Å²) in [7, 11) is 1.38. The topological polar surface area (TPSA) is 65.2 Å². The number of hydrogen-bond donors (Lipinski definition) is 1. The fourth-order valence-corrected chi connectivity index (χ4v) is 1.63. The number of anilines is 1. The summed E-state index contributed by atoms with van der Waals surface area (Å²) in [6.45, 7) is 0. The highest BCUT2D eigenvalue weighted by Gasteiger charge is 2.01. The quantitative estimate of drug-likeness (QED) is 0.756. The summed E-state index contributed by atoms with van der Waals surface area (Å²) in [5.41, 5.74) is 6.38. The molecule has 14 heavy (non-hydrogen) atoms. The van der Waals surface area contributed by atoms with E-state index in [2.05, 4.69) is 9.72 Å². The molecule has 76 valence electrons. The van der Waals surface area contributed by atoms with E-state index < -0.39 is 0 Å². The van der Waals surface area contributed by atoms with Crippen molar-refractivity contribution in [2.75, 3.05) is 18.6 Å². The number of nitrogen functional groups attached to an aromatic ring is 1. The zero-order chi connectivity index (χ0) is 10.4. The van der Waals surface area contributed by atoms with Gasteiger partial charge in [0, 0.05) is 5.75 Å². The normalized spacial score (nSPS) is 9.79. The molecule has 0 amide bonds. The minimum absolute atomic E-state index is 0.223. The number of hydrogen-bond acceptors (Lipinski definition) is 5. The second-order valence-corrected chi connectivity index (χ2v) is 3.61. The van der Waals surface area contributed by atoms with Crippen molar-refractivity contribution >= 4 is 23.5 Å². The number of rotatable bonds is 4. The standard InChI is InChI=1S/C9H12N2O2S/c1-13-9(12)6-14-5-7-3-2-4-8(10)11-7/h2-4H,5-6H2,1H3,(H2,10,11). The van der Waals surface area contributed by atoms with E-state index in [9.17, 15) is 4.79 Å². The van der Waals surface area contributed by atoms with Crippen molar-refractivity contribution in [3.05, 3.63) is 23.9 Å². The second-order valence-electron chi connectivity index (χ2n) is 2.62. The molecule has 0 aliphatic carbocycles. The van der Waals surface area contributed by atoms with Crippen LogP contribution in [0.1, 0.15) is 5.69 Å². The maximum absolute atomic E-state index is 10.8. The average molecular weight is 212 g/mol. The third-order valence-corrected chi connectivity index (χ3v) is 2.47. The number of aromatic nitrogens is 1. The van der Waals surface area contributed by atoms with Crippen LogP contribution in [-0.4, -0.2) is 23.8 Å². The number of pyridine rings is 1. The molecule has 0 aliphatic heterocycles. The van der Waals surface area contributed by atoms with Gasteiger partial charge in [-0.3, -0.25) is 4.79 Å². The van der Waals surface area contributed by atoms with E-state index in [0.29, 0.717) is 17.3 Å². The molecule has 0 atom stereocenters. The van der Waals surface area contributed by atoms with E-state index in [1.54, 1.807) is 6.07 Å². The van der Waals surface area contributed by atoms with Crippen molar-refractivity contribution < 1.29 is 9.53 Å². The highest BCUT2D eigenvalue weighted by atomic mass is 32.2. The van der Waals surface area contributed by atoms with Gasteiger partial charge < -0.3 is 10.5 Å². The zero-order valence-corrected chi connectivity index (χ0v) is 8.71. The summed E-state index contributed by atoms with van der Waals surface area (Å²) >= 11 is 1.46. The van der Waals surface area contributed by atoms with Gasteiger partial charge in [0.15, 0.2) is 0 Å². The number of methoxy groups -OCH3 is 1. The molecule has 1 heterocycles. The molecule has 2 N–H and O–H groups in total. The molecular weight excluding hydrogens is 200 g/mol. The molecule has 1 aromatic heterocycles. The van der Waals surface area contributed by atoms with Gasteiger partial charge in [0.1, 0.15) is 5.82 Å². The number of carbonyl (C=O) groups is 1. The number of ether oxygens (including phenoxy) is 1. The molecular formula is C9H12N2O2S. The van der Waals surface area contributed by atoms with Crippen LogP contribution in [0.5, 0.6) is 0 Å². The van der Waals surface area contributed by atoms with Crippen LogP contribution in [0.15, 0.2) is 18.2 Å². The molecule has 0 bridgehead atoms. The maximum atomic E-state index is 10.8. The van der Waals surface area contributed by atoms with Gasteiger partial charge in [0.05, 0.1) is 18.6 Å². The van der Waals surface area contributed by atoms with Crippen molar-refractivity contribution in [3.63, 3.8) is 0 Å². The molecule has 0 saturated carbocycles. The minimum atomic E-state index is -0.223. The Labute approximate surface area is 86.8 Å². The molecule has 0 aromatic carbocycles. The molecule has 5 heteroatoms. The first-order valence-corrected chi connectivity index (χ1v) is 5.24. The molecule has 0 spiro atoms. The highest BCUT2D eigenvalue weighted by molar-refractivity contribution is 7.99. The van der Waals surface area contributed by atoms with Gasteiger partial charge in [0.2, 0.25) is 0 Å². The molecule has 0 aliphatic rings. The van der Waals surface area contributed by atoms with Gasteiger partial charge in [-0.25, -0.2) is 4.98 Å². The van der Waals surface area contributed by atoms with Crippen molar-refractivity contribution in [1.82, 2.24) is 4.98 Å². The Kier molecular flexibility index (Phi) is 4.25. The van der Waals surface area contributed by atoms with Crippen LogP contribution >= 0.6 is 11.8 Å². The first-order valence-electron chi connectivity index (χ1n) is 4.08. The maximum Gasteiger partial charge on any atom is 0.315 e. The van der Waals surface area contributed by atoms with E-state index in [1.165, 1.54) is 18.9 Å². The van der Waals surface area contributed by atoms with E-state index in [0.717, 1.165) is 5.69 Å². The summed E-state index contributed by atoms with van der Waals surface area (Å²) in [6.07, 6.45) is 0. The smallest absolute Gasteiger partial charge is 0.315 e. The third-order valence-electron chi connectivity index (χ3n) is 1.53. The van der Waals surface area contributed by atoms with Crippen LogP contribution in [-0.2, 0) is 15.3 Å². The highest BCUT2D eigenvalue weighted by Crippen LogP contribution is 2.11. The van der Waals surface area contributed by atoms with Gasteiger partial charge in [0.25, 0.3) is 0 Å². The van der Waals surface area contributed by atoms with Crippen LogP contribution in [0.2, 0.25) is 0 Å². The lowest BCUT2D eigenvalue weighted by atomic mass is 10.4. The fraction of sp³-hybridized carbons (Fsp3) is 0.333. The van der Waals surface area contributed by atoms with Crippen LogP contribution < -0.4 is 5.73 Å². The van der Waals surface area contributed by atoms with E-state index in [1.807, 2.05) is 12.1 Å². The van der Waals surface area contributed by atoms with Crippen LogP contribution in [0.25, 0.3) is 0 Å². The fourth-order valence-electron chi connectivity index (χ4n) is 0.876. The molecule has 0 fully saturated rings. The molecule has 0 radical (unpaired) electrons. The molecule has 1 rings (SSSR count). The van der Waals surface area contributed by atoms with E-state index in [4.69, 9.17) is 5.73 Å². The third kappa shape index (κ3) is 3.66. The first-order chi connectivity index (χ1) is 6.72. The number of nitrogens with zero attached hydrogens (tertiary/aromatic N) is 1. The van der Waals surface area contributed by atoms with Crippen molar-refractivity contribution in [3.8, 4) is 0 Å². The van der Waals surface area contributed by atoms with Gasteiger partial charge in [-0.15, -0.1) is 11.8 Å². The Bertz CT molecular complexity index is 317. The Hall–Kier alpha value is -1.23. The number of carbonyl (C=O) groups excluding carboxylic acids is 1. The minimum Gasteiger partial charge on any atom is -0.468 e. The van der Waals surface area contributed by atoms with E-state index >= 15 is 0 Å². The summed E-state index contributed by atoms with van der Waals surface area (Å²) in [4.78, 5) is 14.9. The monoisotopic (exact) mass is 212 g/mol. The average Bonchev–Trinajstić information content (AvgIpc) is 2.17. The van der Waals surface area contributed by atoms with Crippen LogP contribution in [0.3, 0.4) is 0 Å². The lowest BCUT2D eigenvalue weighted by molar-refractivity contribution is -0.137. The lowest BCUT2D eigenvalue weighted by Crippen LogP contribution is -2.03. The van der Waals surface area contributed by atoms with Crippen LogP contribution in [0, 0.1) is 0 Å². The SMILES string of the molecule is COC(=O)CSCc1cccc(N)n1. The summed E-state index contributed by atoms with van der Waals surface area (Å²) in [5.74, 6) is 1.28. The van der Waals surface area contributed by atoms with Gasteiger partial charge in [-0.05, 0) is 12.1 Å². The molecule has 4 nitrogen and oxygen atoms in total. The van der Waals surface area contributed by atoms with Gasteiger partial charge in [-0.1, -0.05) is 6.07 Å². The largest absolute Gasteiger partial charge is 0.468 e. The van der Waals surface area contributed by atoms with Crippen LogP contribution in [0.4, 0.5) is 5.82 Å².